The van der Waals surface area contributed by atoms with Crippen molar-refractivity contribution in [2.45, 2.75) is 6.54 Å². The summed E-state index contributed by atoms with van der Waals surface area (Å²) in [6, 6.07) is 8.63. The number of nitro groups is 1. The fourth-order valence-electron chi connectivity index (χ4n) is 1.62. The Labute approximate surface area is 124 Å². The number of pyridine rings is 1. The number of rotatable bonds is 5. The lowest BCUT2D eigenvalue weighted by Gasteiger charge is -2.06. The maximum absolute atomic E-state index is 11.0. The monoisotopic (exact) mass is 337 g/mol. The Balaban J connectivity index is 2.23. The molecule has 0 saturated heterocycles. The number of hydrogen-bond acceptors (Lipinski definition) is 5. The molecule has 0 unspecified atom stereocenters. The molecule has 0 amide bonds. The van der Waals surface area contributed by atoms with E-state index in [1.165, 1.54) is 12.3 Å². The fourth-order valence-corrected chi connectivity index (χ4v) is 1.94. The first-order valence-electron chi connectivity index (χ1n) is 5.81. The Morgan fingerprint density at radius 1 is 1.40 bits per heavy atom. The van der Waals surface area contributed by atoms with Crippen LogP contribution in [-0.2, 0) is 6.54 Å². The highest BCUT2D eigenvalue weighted by molar-refractivity contribution is 9.10. The van der Waals surface area contributed by atoms with Crippen LogP contribution in [0.5, 0.6) is 11.6 Å². The lowest BCUT2D eigenvalue weighted by Crippen LogP contribution is -2.04. The van der Waals surface area contributed by atoms with Gasteiger partial charge in [-0.05, 0) is 40.7 Å². The molecule has 20 heavy (non-hydrogen) atoms. The number of nitrogens with zero attached hydrogens (tertiary/aromatic N) is 2. The molecule has 104 valence electrons. The first kappa shape index (κ1) is 14.4. The minimum absolute atomic E-state index is 0.0282. The summed E-state index contributed by atoms with van der Waals surface area (Å²) < 4.78 is 5.99. The molecule has 0 saturated carbocycles. The quantitative estimate of drug-likeness (QED) is 0.669. The van der Waals surface area contributed by atoms with Gasteiger partial charge in [0.2, 0.25) is 0 Å². The second-order valence-corrected chi connectivity index (χ2v) is 4.93. The molecule has 0 radical (unpaired) electrons. The van der Waals surface area contributed by atoms with Crippen LogP contribution in [0.3, 0.4) is 0 Å². The zero-order valence-electron chi connectivity index (χ0n) is 10.7. The Morgan fingerprint density at radius 2 is 2.10 bits per heavy atom. The van der Waals surface area contributed by atoms with Crippen molar-refractivity contribution in [2.24, 2.45) is 0 Å². The van der Waals surface area contributed by atoms with Crippen molar-refractivity contribution in [3.05, 3.63) is 56.7 Å². The molecule has 0 atom stereocenters. The van der Waals surface area contributed by atoms with E-state index in [0.717, 1.165) is 12.1 Å². The van der Waals surface area contributed by atoms with Crippen molar-refractivity contribution in [1.82, 2.24) is 10.3 Å². The summed E-state index contributed by atoms with van der Waals surface area (Å²) in [5.74, 6) is 0.474. The summed E-state index contributed by atoms with van der Waals surface area (Å²) >= 11 is 3.15. The minimum atomic E-state index is -0.525. The molecule has 1 heterocycles. The summed E-state index contributed by atoms with van der Waals surface area (Å²) in [6.45, 7) is 0.747. The van der Waals surface area contributed by atoms with Crippen molar-refractivity contribution in [2.75, 3.05) is 7.05 Å². The highest BCUT2D eigenvalue weighted by Gasteiger charge is 2.18. The molecule has 0 spiro atoms. The molecule has 0 aliphatic rings. The van der Waals surface area contributed by atoms with E-state index in [9.17, 15) is 10.1 Å². The van der Waals surface area contributed by atoms with Crippen LogP contribution in [0.1, 0.15) is 5.56 Å². The van der Waals surface area contributed by atoms with Crippen LogP contribution < -0.4 is 10.1 Å². The lowest BCUT2D eigenvalue weighted by atomic mass is 10.2. The third kappa shape index (κ3) is 3.52. The number of hydrogen-bond donors (Lipinski definition) is 1. The fraction of sp³-hybridized carbons (Fsp3) is 0.154. The topological polar surface area (TPSA) is 77.3 Å². The number of halogens is 1. The van der Waals surface area contributed by atoms with E-state index in [1.807, 2.05) is 19.2 Å². The summed E-state index contributed by atoms with van der Waals surface area (Å²) in [5, 5.41) is 14.0. The van der Waals surface area contributed by atoms with Crippen LogP contribution in [0, 0.1) is 10.1 Å². The van der Waals surface area contributed by atoms with Gasteiger partial charge in [-0.2, -0.15) is 0 Å². The van der Waals surface area contributed by atoms with Crippen LogP contribution >= 0.6 is 15.9 Å². The second kappa shape index (κ2) is 6.44. The predicted octanol–water partition coefficient (Wildman–Crippen LogP) is 3.26. The molecule has 2 aromatic rings. The minimum Gasteiger partial charge on any atom is -0.434 e. The van der Waals surface area contributed by atoms with Gasteiger partial charge in [-0.25, -0.2) is 4.98 Å². The van der Waals surface area contributed by atoms with Crippen LogP contribution in [0.2, 0.25) is 0 Å². The van der Waals surface area contributed by atoms with E-state index >= 15 is 0 Å². The average molecular weight is 338 g/mol. The van der Waals surface area contributed by atoms with Gasteiger partial charge >= 0.3 is 5.69 Å². The third-order valence-corrected chi connectivity index (χ3v) is 2.95. The summed E-state index contributed by atoms with van der Waals surface area (Å²) in [6.07, 6.45) is 1.46. The standard InChI is InChI=1S/C13H12BrN3O3/c1-15-7-9-2-4-11(5-3-9)20-13-12(17(18)19)6-10(14)8-16-13/h2-6,8,15H,7H2,1H3. The number of benzene rings is 1. The van der Waals surface area contributed by atoms with Gasteiger partial charge in [-0.15, -0.1) is 0 Å². The Bertz CT molecular complexity index is 617. The molecule has 1 aromatic carbocycles. The molecular weight excluding hydrogens is 326 g/mol. The molecule has 2 rings (SSSR count). The van der Waals surface area contributed by atoms with Crippen LogP contribution in [0.4, 0.5) is 5.69 Å². The summed E-state index contributed by atoms with van der Waals surface area (Å²) in [5.41, 5.74) is 0.914. The third-order valence-electron chi connectivity index (χ3n) is 2.51. The SMILES string of the molecule is CNCc1ccc(Oc2ncc(Br)cc2[N+](=O)[O-])cc1. The van der Waals surface area contributed by atoms with E-state index in [1.54, 1.807) is 12.1 Å². The van der Waals surface area contributed by atoms with Crippen LogP contribution in [0.25, 0.3) is 0 Å². The largest absolute Gasteiger partial charge is 0.434 e. The van der Waals surface area contributed by atoms with Crippen molar-refractivity contribution < 1.29 is 9.66 Å². The van der Waals surface area contributed by atoms with Gasteiger partial charge in [-0.1, -0.05) is 12.1 Å². The Kier molecular flexibility index (Phi) is 4.65. The van der Waals surface area contributed by atoms with Gasteiger partial charge in [0, 0.05) is 23.3 Å². The highest BCUT2D eigenvalue weighted by Crippen LogP contribution is 2.31. The molecule has 1 aromatic heterocycles. The molecule has 0 bridgehead atoms. The molecule has 7 heteroatoms. The van der Waals surface area contributed by atoms with E-state index < -0.39 is 4.92 Å². The Morgan fingerprint density at radius 3 is 2.70 bits per heavy atom. The molecule has 6 nitrogen and oxygen atoms in total. The molecule has 1 N–H and O–H groups in total. The van der Waals surface area contributed by atoms with Gasteiger partial charge in [0.15, 0.2) is 0 Å². The molecular formula is C13H12BrN3O3. The van der Waals surface area contributed by atoms with Gasteiger partial charge < -0.3 is 10.1 Å². The maximum atomic E-state index is 11.0. The van der Waals surface area contributed by atoms with Crippen molar-refractivity contribution in [3.8, 4) is 11.6 Å². The smallest absolute Gasteiger partial charge is 0.332 e. The first-order valence-corrected chi connectivity index (χ1v) is 6.61. The zero-order valence-corrected chi connectivity index (χ0v) is 12.3. The van der Waals surface area contributed by atoms with Gasteiger partial charge in [0.25, 0.3) is 5.88 Å². The van der Waals surface area contributed by atoms with E-state index in [-0.39, 0.29) is 11.6 Å². The van der Waals surface area contributed by atoms with Gasteiger partial charge in [0.05, 0.1) is 4.92 Å². The second-order valence-electron chi connectivity index (χ2n) is 4.01. The summed E-state index contributed by atoms with van der Waals surface area (Å²) in [4.78, 5) is 14.4. The molecule has 0 fully saturated rings. The van der Waals surface area contributed by atoms with E-state index in [2.05, 4.69) is 26.2 Å². The number of ether oxygens (including phenoxy) is 1. The van der Waals surface area contributed by atoms with Gasteiger partial charge in [0.1, 0.15) is 5.75 Å². The number of aromatic nitrogens is 1. The molecule has 0 aliphatic carbocycles. The Hall–Kier alpha value is -1.99. The zero-order chi connectivity index (χ0) is 14.5. The lowest BCUT2D eigenvalue weighted by molar-refractivity contribution is -0.386. The average Bonchev–Trinajstić information content (AvgIpc) is 2.43. The molecule has 0 aliphatic heterocycles. The predicted molar refractivity (Wildman–Crippen MR) is 77.9 cm³/mol. The van der Waals surface area contributed by atoms with Crippen LogP contribution in [-0.4, -0.2) is 17.0 Å². The number of nitrogens with one attached hydrogen (secondary N) is 1. The first-order chi connectivity index (χ1) is 9.60. The summed E-state index contributed by atoms with van der Waals surface area (Å²) in [7, 11) is 1.86. The maximum Gasteiger partial charge on any atom is 0.332 e. The normalized spacial score (nSPS) is 10.3. The van der Waals surface area contributed by atoms with E-state index in [4.69, 9.17) is 4.74 Å². The van der Waals surface area contributed by atoms with Crippen molar-refractivity contribution >= 4 is 21.6 Å². The van der Waals surface area contributed by atoms with E-state index in [0.29, 0.717) is 10.2 Å². The highest BCUT2D eigenvalue weighted by atomic mass is 79.9. The van der Waals surface area contributed by atoms with Gasteiger partial charge in [-0.3, -0.25) is 10.1 Å². The van der Waals surface area contributed by atoms with Crippen molar-refractivity contribution in [1.29, 1.82) is 0 Å². The van der Waals surface area contributed by atoms with Crippen molar-refractivity contribution in [3.63, 3.8) is 0 Å². The van der Waals surface area contributed by atoms with Crippen LogP contribution in [0.15, 0.2) is 41.0 Å².